The summed E-state index contributed by atoms with van der Waals surface area (Å²) in [5.41, 5.74) is 2.10. The Kier molecular flexibility index (Phi) is 6.24. The van der Waals surface area contributed by atoms with Gasteiger partial charge in [-0.05, 0) is 22.9 Å². The second-order valence-corrected chi connectivity index (χ2v) is 7.62. The number of morpholine rings is 1. The number of nitrogens with zero attached hydrogens (tertiary/aromatic N) is 1. The number of benzene rings is 1. The smallest absolute Gasteiger partial charge is 0.262 e. The number of carbonyl (C=O) groups is 1. The van der Waals surface area contributed by atoms with E-state index in [1.54, 1.807) is 0 Å². The molecule has 4 nitrogen and oxygen atoms in total. The molecule has 1 aliphatic rings. The van der Waals surface area contributed by atoms with E-state index in [9.17, 15) is 4.79 Å². The Balaban J connectivity index is 1.67. The number of rotatable bonds is 6. The lowest BCUT2D eigenvalue weighted by Crippen LogP contribution is -2.51. The van der Waals surface area contributed by atoms with Gasteiger partial charge >= 0.3 is 0 Å². The maximum atomic E-state index is 12.8. The zero-order valence-corrected chi connectivity index (χ0v) is 15.7. The van der Waals surface area contributed by atoms with Crippen LogP contribution in [0.25, 0.3) is 11.1 Å². The van der Waals surface area contributed by atoms with E-state index in [-0.39, 0.29) is 5.91 Å². The molecule has 1 amide bonds. The van der Waals surface area contributed by atoms with Gasteiger partial charge in [-0.2, -0.15) is 0 Å². The van der Waals surface area contributed by atoms with Gasteiger partial charge in [0.05, 0.1) is 18.1 Å². The molecule has 2 aromatic rings. The SMILES string of the molecule is CC(C)C(CNC(=O)c1sccc1-c1ccccc1)N1CCOCC1. The maximum Gasteiger partial charge on any atom is 0.262 e. The number of nitrogens with one attached hydrogen (secondary N) is 1. The molecule has 134 valence electrons. The van der Waals surface area contributed by atoms with E-state index in [1.807, 2.05) is 41.8 Å². The van der Waals surface area contributed by atoms with Crippen LogP contribution in [-0.2, 0) is 4.74 Å². The van der Waals surface area contributed by atoms with Gasteiger partial charge in [-0.1, -0.05) is 44.2 Å². The van der Waals surface area contributed by atoms with E-state index in [1.165, 1.54) is 11.3 Å². The van der Waals surface area contributed by atoms with Crippen LogP contribution in [0.3, 0.4) is 0 Å². The second kappa shape index (κ2) is 8.61. The van der Waals surface area contributed by atoms with Crippen LogP contribution in [0.5, 0.6) is 0 Å². The molecule has 1 aromatic carbocycles. The van der Waals surface area contributed by atoms with Gasteiger partial charge in [0.15, 0.2) is 0 Å². The number of hydrogen-bond donors (Lipinski definition) is 1. The van der Waals surface area contributed by atoms with E-state index in [2.05, 4.69) is 24.1 Å². The largest absolute Gasteiger partial charge is 0.379 e. The molecule has 1 aromatic heterocycles. The van der Waals surface area contributed by atoms with Crippen molar-refractivity contribution in [3.05, 3.63) is 46.7 Å². The first kappa shape index (κ1) is 18.1. The average Bonchev–Trinajstić information content (AvgIpc) is 3.13. The molecule has 0 aliphatic carbocycles. The Hall–Kier alpha value is -1.69. The molecule has 0 radical (unpaired) electrons. The summed E-state index contributed by atoms with van der Waals surface area (Å²) in [6.45, 7) is 8.53. The molecule has 1 unspecified atom stereocenters. The predicted octanol–water partition coefficient (Wildman–Crippen LogP) is 3.50. The highest BCUT2D eigenvalue weighted by Gasteiger charge is 2.25. The summed E-state index contributed by atoms with van der Waals surface area (Å²) in [7, 11) is 0. The van der Waals surface area contributed by atoms with Crippen molar-refractivity contribution in [2.75, 3.05) is 32.8 Å². The first-order valence-corrected chi connectivity index (χ1v) is 9.77. The summed E-state index contributed by atoms with van der Waals surface area (Å²) in [6.07, 6.45) is 0. The fourth-order valence-electron chi connectivity index (χ4n) is 3.30. The number of ether oxygens (including phenoxy) is 1. The molecule has 1 aliphatic heterocycles. The minimum Gasteiger partial charge on any atom is -0.379 e. The average molecular weight is 359 g/mol. The van der Waals surface area contributed by atoms with Crippen molar-refractivity contribution in [3.8, 4) is 11.1 Å². The number of amides is 1. The lowest BCUT2D eigenvalue weighted by Gasteiger charge is -2.36. The second-order valence-electron chi connectivity index (χ2n) is 6.70. The van der Waals surface area contributed by atoms with Crippen molar-refractivity contribution in [1.29, 1.82) is 0 Å². The van der Waals surface area contributed by atoms with Gasteiger partial charge in [-0.15, -0.1) is 11.3 Å². The molecule has 1 fully saturated rings. The normalized spacial score (nSPS) is 16.8. The third-order valence-corrected chi connectivity index (χ3v) is 5.63. The number of hydrogen-bond acceptors (Lipinski definition) is 4. The van der Waals surface area contributed by atoms with Gasteiger partial charge in [0.1, 0.15) is 0 Å². The summed E-state index contributed by atoms with van der Waals surface area (Å²) in [6, 6.07) is 12.5. The molecule has 5 heteroatoms. The van der Waals surface area contributed by atoms with Gasteiger partial charge in [-0.3, -0.25) is 9.69 Å². The Morgan fingerprint density at radius 2 is 1.92 bits per heavy atom. The van der Waals surface area contributed by atoms with Crippen LogP contribution in [-0.4, -0.2) is 49.7 Å². The molecule has 2 heterocycles. The zero-order valence-electron chi connectivity index (χ0n) is 14.9. The summed E-state index contributed by atoms with van der Waals surface area (Å²) >= 11 is 1.50. The van der Waals surface area contributed by atoms with Crippen LogP contribution in [0.1, 0.15) is 23.5 Å². The molecule has 0 bridgehead atoms. The van der Waals surface area contributed by atoms with Gasteiger partial charge in [0.25, 0.3) is 5.91 Å². The number of carbonyl (C=O) groups excluding carboxylic acids is 1. The molecular formula is C20H26N2O2S. The monoisotopic (exact) mass is 358 g/mol. The van der Waals surface area contributed by atoms with Crippen LogP contribution in [0.2, 0.25) is 0 Å². The topological polar surface area (TPSA) is 41.6 Å². The van der Waals surface area contributed by atoms with Crippen molar-refractivity contribution >= 4 is 17.2 Å². The van der Waals surface area contributed by atoms with Crippen LogP contribution >= 0.6 is 11.3 Å². The minimum absolute atomic E-state index is 0.0211. The standard InChI is InChI=1S/C20H26N2O2S/c1-15(2)18(22-9-11-24-12-10-22)14-21-20(23)19-17(8-13-25-19)16-6-4-3-5-7-16/h3-8,13,15,18H,9-12,14H2,1-2H3,(H,21,23). The molecule has 0 saturated carbocycles. The van der Waals surface area contributed by atoms with Crippen LogP contribution in [0.15, 0.2) is 41.8 Å². The summed E-state index contributed by atoms with van der Waals surface area (Å²) in [4.78, 5) is 16.0. The third kappa shape index (κ3) is 4.48. The minimum atomic E-state index is 0.0211. The third-order valence-electron chi connectivity index (χ3n) is 4.71. The van der Waals surface area contributed by atoms with Gasteiger partial charge in [0.2, 0.25) is 0 Å². The van der Waals surface area contributed by atoms with Crippen molar-refractivity contribution in [2.45, 2.75) is 19.9 Å². The molecule has 1 atom stereocenters. The molecule has 0 spiro atoms. The summed E-state index contributed by atoms with van der Waals surface area (Å²) in [5.74, 6) is 0.503. The Bertz CT molecular complexity index is 678. The highest BCUT2D eigenvalue weighted by atomic mass is 32.1. The van der Waals surface area contributed by atoms with Crippen LogP contribution < -0.4 is 5.32 Å². The molecule has 1 saturated heterocycles. The lowest BCUT2D eigenvalue weighted by molar-refractivity contribution is 0.00674. The van der Waals surface area contributed by atoms with Crippen LogP contribution in [0, 0.1) is 5.92 Å². The van der Waals surface area contributed by atoms with Crippen molar-refractivity contribution < 1.29 is 9.53 Å². The first-order chi connectivity index (χ1) is 12.2. The highest BCUT2D eigenvalue weighted by Crippen LogP contribution is 2.28. The summed E-state index contributed by atoms with van der Waals surface area (Å²) in [5, 5.41) is 5.15. The van der Waals surface area contributed by atoms with Crippen LogP contribution in [0.4, 0.5) is 0 Å². The molecule has 3 rings (SSSR count). The highest BCUT2D eigenvalue weighted by molar-refractivity contribution is 7.12. The Morgan fingerprint density at radius 3 is 2.60 bits per heavy atom. The van der Waals surface area contributed by atoms with E-state index in [0.717, 1.165) is 42.3 Å². The number of thiophene rings is 1. The predicted molar refractivity (Wildman–Crippen MR) is 103 cm³/mol. The fraction of sp³-hybridized carbons (Fsp3) is 0.450. The molecule has 1 N–H and O–H groups in total. The summed E-state index contributed by atoms with van der Waals surface area (Å²) < 4.78 is 5.45. The molecular weight excluding hydrogens is 332 g/mol. The Labute approximate surface area is 153 Å². The van der Waals surface area contributed by atoms with E-state index in [4.69, 9.17) is 4.74 Å². The van der Waals surface area contributed by atoms with E-state index in [0.29, 0.717) is 18.5 Å². The van der Waals surface area contributed by atoms with Crippen molar-refractivity contribution in [1.82, 2.24) is 10.2 Å². The molecule has 25 heavy (non-hydrogen) atoms. The zero-order chi connectivity index (χ0) is 17.6. The Morgan fingerprint density at radius 1 is 1.20 bits per heavy atom. The fourth-order valence-corrected chi connectivity index (χ4v) is 4.14. The van der Waals surface area contributed by atoms with Crippen molar-refractivity contribution in [3.63, 3.8) is 0 Å². The van der Waals surface area contributed by atoms with E-state index < -0.39 is 0 Å². The van der Waals surface area contributed by atoms with Crippen molar-refractivity contribution in [2.24, 2.45) is 5.92 Å². The van der Waals surface area contributed by atoms with Gasteiger partial charge in [0, 0.05) is 31.2 Å². The lowest BCUT2D eigenvalue weighted by atomic mass is 10.0. The quantitative estimate of drug-likeness (QED) is 0.859. The van der Waals surface area contributed by atoms with E-state index >= 15 is 0 Å². The maximum absolute atomic E-state index is 12.8. The van der Waals surface area contributed by atoms with Gasteiger partial charge < -0.3 is 10.1 Å². The van der Waals surface area contributed by atoms with Gasteiger partial charge in [-0.25, -0.2) is 0 Å². The first-order valence-electron chi connectivity index (χ1n) is 8.89.